The minimum atomic E-state index is -0.587. The lowest BCUT2D eigenvalue weighted by Crippen LogP contribution is -2.48. The number of hydrogen-bond acceptors (Lipinski definition) is 4. The lowest BCUT2D eigenvalue weighted by Gasteiger charge is -2.39. The Bertz CT molecular complexity index is 1250. The van der Waals surface area contributed by atoms with Gasteiger partial charge < -0.3 is 19.5 Å². The normalized spacial score (nSPS) is 19.0. The van der Waals surface area contributed by atoms with Gasteiger partial charge in [-0.05, 0) is 60.4 Å². The Balaban J connectivity index is 1.42. The van der Waals surface area contributed by atoms with Crippen LogP contribution < -0.4 is 4.74 Å². The Kier molecular flexibility index (Phi) is 7.71. The van der Waals surface area contributed by atoms with Crippen molar-refractivity contribution >= 4 is 10.9 Å². The third-order valence-electron chi connectivity index (χ3n) is 7.43. The van der Waals surface area contributed by atoms with E-state index in [1.165, 1.54) is 5.56 Å². The molecule has 188 valence electrons. The fourth-order valence-electron chi connectivity index (χ4n) is 5.60. The van der Waals surface area contributed by atoms with Gasteiger partial charge in [0.1, 0.15) is 5.75 Å². The Morgan fingerprint density at radius 2 is 1.67 bits per heavy atom. The molecule has 1 aliphatic rings. The van der Waals surface area contributed by atoms with Crippen molar-refractivity contribution in [2.45, 2.75) is 57.0 Å². The number of nitrogens with zero attached hydrogens (tertiary/aromatic N) is 2. The molecule has 1 aromatic heterocycles. The summed E-state index contributed by atoms with van der Waals surface area (Å²) in [5.74, 6) is 0.823. The summed E-state index contributed by atoms with van der Waals surface area (Å²) in [5.41, 5.74) is 4.47. The van der Waals surface area contributed by atoms with E-state index < -0.39 is 6.10 Å². The number of benzene rings is 3. The van der Waals surface area contributed by atoms with Gasteiger partial charge in [0, 0.05) is 35.7 Å². The van der Waals surface area contributed by atoms with E-state index in [1.807, 2.05) is 42.5 Å². The first kappa shape index (κ1) is 24.6. The van der Waals surface area contributed by atoms with Gasteiger partial charge in [-0.2, -0.15) is 0 Å². The molecule has 1 aliphatic carbocycles. The molecule has 5 heteroatoms. The van der Waals surface area contributed by atoms with E-state index in [4.69, 9.17) is 4.74 Å². The van der Waals surface area contributed by atoms with Crippen molar-refractivity contribution < 1.29 is 14.9 Å². The highest BCUT2D eigenvalue weighted by atomic mass is 16.5. The van der Waals surface area contributed by atoms with Crippen LogP contribution in [0.3, 0.4) is 0 Å². The number of rotatable bonds is 9. The zero-order chi connectivity index (χ0) is 24.9. The topological polar surface area (TPSA) is 57.9 Å². The molecule has 0 amide bonds. The Hall–Kier alpha value is -3.12. The van der Waals surface area contributed by atoms with Crippen molar-refractivity contribution in [1.82, 2.24) is 9.47 Å². The van der Waals surface area contributed by atoms with Gasteiger partial charge in [-0.3, -0.25) is 4.90 Å². The van der Waals surface area contributed by atoms with Crippen LogP contribution in [-0.4, -0.2) is 51.6 Å². The van der Waals surface area contributed by atoms with Crippen LogP contribution in [-0.2, 0) is 13.1 Å². The fraction of sp³-hybridized carbons (Fsp3) is 0.355. The maximum Gasteiger partial charge on any atom is 0.118 e. The number of aliphatic hydroxyl groups excluding tert-OH is 2. The Morgan fingerprint density at radius 1 is 0.944 bits per heavy atom. The largest absolute Gasteiger partial charge is 0.497 e. The molecule has 36 heavy (non-hydrogen) atoms. The van der Waals surface area contributed by atoms with Gasteiger partial charge >= 0.3 is 0 Å². The summed E-state index contributed by atoms with van der Waals surface area (Å²) in [4.78, 5) is 2.29. The van der Waals surface area contributed by atoms with Crippen molar-refractivity contribution in [3.63, 3.8) is 0 Å². The van der Waals surface area contributed by atoms with Gasteiger partial charge in [0.15, 0.2) is 0 Å². The smallest absolute Gasteiger partial charge is 0.118 e. The standard InChI is InChI=1S/C31H36N2O3/c1-36-27-17-15-24(16-18-27)30-19-25-11-5-6-12-28(25)33(30)22-26(34)21-32(20-23-9-3-2-4-10-23)29-13-7-8-14-31(29)35/h2-6,9-12,15-19,26,29,31,34-35H,7-8,13-14,20-22H2,1H3/t26-,29+,31-/m0/s1. The minimum Gasteiger partial charge on any atom is -0.497 e. The van der Waals surface area contributed by atoms with Crippen molar-refractivity contribution in [3.8, 4) is 17.0 Å². The average molecular weight is 485 g/mol. The lowest BCUT2D eigenvalue weighted by molar-refractivity contribution is -0.00868. The molecule has 5 nitrogen and oxygen atoms in total. The van der Waals surface area contributed by atoms with E-state index in [0.717, 1.165) is 60.1 Å². The summed E-state index contributed by atoms with van der Waals surface area (Å²) in [6, 6.07) is 29.0. The third kappa shape index (κ3) is 5.49. The van der Waals surface area contributed by atoms with Crippen molar-refractivity contribution in [2.24, 2.45) is 0 Å². The first-order valence-electron chi connectivity index (χ1n) is 13.0. The van der Waals surface area contributed by atoms with Crippen LogP contribution in [0.15, 0.2) is 84.9 Å². The maximum absolute atomic E-state index is 11.4. The molecule has 0 bridgehead atoms. The molecule has 0 aliphatic heterocycles. The molecule has 2 N–H and O–H groups in total. The number of fused-ring (bicyclic) bond motifs is 1. The number of ether oxygens (including phenoxy) is 1. The van der Waals surface area contributed by atoms with E-state index in [9.17, 15) is 10.2 Å². The molecule has 4 aromatic rings. The SMILES string of the molecule is COc1ccc(-c2cc3ccccc3n2C[C@@H](O)CN(Cc2ccccc2)[C@@H]2CCCC[C@@H]2O)cc1. The van der Waals surface area contributed by atoms with Gasteiger partial charge in [-0.25, -0.2) is 0 Å². The van der Waals surface area contributed by atoms with E-state index in [2.05, 4.69) is 51.9 Å². The van der Waals surface area contributed by atoms with Crippen LogP contribution in [0.4, 0.5) is 0 Å². The van der Waals surface area contributed by atoms with Crippen molar-refractivity contribution in [1.29, 1.82) is 0 Å². The highest BCUT2D eigenvalue weighted by Crippen LogP contribution is 2.30. The second-order valence-corrected chi connectivity index (χ2v) is 9.92. The molecule has 1 fully saturated rings. The summed E-state index contributed by atoms with van der Waals surface area (Å²) < 4.78 is 7.57. The monoisotopic (exact) mass is 484 g/mol. The molecule has 5 rings (SSSR count). The van der Waals surface area contributed by atoms with Gasteiger partial charge in [0.05, 0.1) is 25.9 Å². The zero-order valence-corrected chi connectivity index (χ0v) is 21.0. The van der Waals surface area contributed by atoms with Gasteiger partial charge in [-0.15, -0.1) is 0 Å². The number of methoxy groups -OCH3 is 1. The van der Waals surface area contributed by atoms with Gasteiger partial charge in [0.25, 0.3) is 0 Å². The van der Waals surface area contributed by atoms with Crippen molar-refractivity contribution in [3.05, 3.63) is 90.5 Å². The number of hydrogen-bond donors (Lipinski definition) is 2. The summed E-state index contributed by atoms with van der Waals surface area (Å²) in [7, 11) is 1.67. The summed E-state index contributed by atoms with van der Waals surface area (Å²) in [6.45, 7) is 1.70. The van der Waals surface area contributed by atoms with Gasteiger partial charge in [0.2, 0.25) is 0 Å². The van der Waals surface area contributed by atoms with Crippen LogP contribution >= 0.6 is 0 Å². The van der Waals surface area contributed by atoms with Crippen molar-refractivity contribution in [2.75, 3.05) is 13.7 Å². The molecule has 0 unspecified atom stereocenters. The summed E-state index contributed by atoms with van der Waals surface area (Å²) in [5, 5.41) is 23.4. The van der Waals surface area contributed by atoms with E-state index in [-0.39, 0.29) is 12.1 Å². The zero-order valence-electron chi connectivity index (χ0n) is 21.0. The molecular weight excluding hydrogens is 448 g/mol. The van der Waals surface area contributed by atoms with Crippen LogP contribution in [0.25, 0.3) is 22.2 Å². The number of para-hydroxylation sites is 1. The van der Waals surface area contributed by atoms with E-state index in [1.54, 1.807) is 7.11 Å². The molecule has 0 spiro atoms. The molecular formula is C31H36N2O3. The fourth-order valence-corrected chi connectivity index (χ4v) is 5.60. The second-order valence-electron chi connectivity index (χ2n) is 9.92. The van der Waals surface area contributed by atoms with E-state index >= 15 is 0 Å². The van der Waals surface area contributed by atoms with Crippen LogP contribution in [0.5, 0.6) is 5.75 Å². The minimum absolute atomic E-state index is 0.0658. The number of aliphatic hydroxyl groups is 2. The van der Waals surface area contributed by atoms with Crippen LogP contribution in [0, 0.1) is 0 Å². The van der Waals surface area contributed by atoms with Crippen LogP contribution in [0.1, 0.15) is 31.2 Å². The molecule has 0 radical (unpaired) electrons. The molecule has 1 heterocycles. The molecule has 1 saturated carbocycles. The predicted molar refractivity (Wildman–Crippen MR) is 145 cm³/mol. The summed E-state index contributed by atoms with van der Waals surface area (Å²) >= 11 is 0. The molecule has 3 atom stereocenters. The Labute approximate surface area is 213 Å². The quantitative estimate of drug-likeness (QED) is 0.330. The maximum atomic E-state index is 11.4. The third-order valence-corrected chi connectivity index (χ3v) is 7.43. The Morgan fingerprint density at radius 3 is 2.42 bits per heavy atom. The average Bonchev–Trinajstić information content (AvgIpc) is 3.27. The summed E-state index contributed by atoms with van der Waals surface area (Å²) in [6.07, 6.45) is 3.04. The highest BCUT2D eigenvalue weighted by molar-refractivity contribution is 5.87. The molecule has 0 saturated heterocycles. The predicted octanol–water partition coefficient (Wildman–Crippen LogP) is 5.48. The highest BCUT2D eigenvalue weighted by Gasteiger charge is 2.30. The molecule has 3 aromatic carbocycles. The van der Waals surface area contributed by atoms with E-state index in [0.29, 0.717) is 13.1 Å². The van der Waals surface area contributed by atoms with Gasteiger partial charge in [-0.1, -0.05) is 61.4 Å². The second kappa shape index (κ2) is 11.3. The first-order valence-corrected chi connectivity index (χ1v) is 13.0. The lowest BCUT2D eigenvalue weighted by atomic mass is 9.90. The first-order chi connectivity index (χ1) is 17.6. The van der Waals surface area contributed by atoms with Crippen LogP contribution in [0.2, 0.25) is 0 Å². The number of aromatic nitrogens is 1.